The molecule has 0 radical (unpaired) electrons. The Labute approximate surface area is 211 Å². The summed E-state index contributed by atoms with van der Waals surface area (Å²) in [7, 11) is 0. The first-order chi connectivity index (χ1) is 16.6. The van der Waals surface area contributed by atoms with Crippen LogP contribution in [0.1, 0.15) is 23.5 Å². The summed E-state index contributed by atoms with van der Waals surface area (Å²) in [5.74, 6) is 1.25. The molecule has 1 fully saturated rings. The summed E-state index contributed by atoms with van der Waals surface area (Å²) in [6.07, 6.45) is 0.283. The molecule has 5 nitrogen and oxygen atoms in total. The van der Waals surface area contributed by atoms with Crippen LogP contribution in [0.25, 0.3) is 0 Å². The van der Waals surface area contributed by atoms with Crippen molar-refractivity contribution in [3.05, 3.63) is 105 Å². The number of fused-ring (bicyclic) bond motifs is 1. The second-order valence-electron chi connectivity index (χ2n) is 8.18. The van der Waals surface area contributed by atoms with Gasteiger partial charge in [0, 0.05) is 22.5 Å². The second-order valence-corrected chi connectivity index (χ2v) is 10.0. The van der Waals surface area contributed by atoms with Crippen molar-refractivity contribution in [1.82, 2.24) is 4.90 Å². The molecule has 1 saturated heterocycles. The molecule has 0 bridgehead atoms. The summed E-state index contributed by atoms with van der Waals surface area (Å²) >= 11 is 5.01. The lowest BCUT2D eigenvalue weighted by Gasteiger charge is -2.42. The fourth-order valence-electron chi connectivity index (χ4n) is 4.20. The van der Waals surface area contributed by atoms with E-state index in [0.29, 0.717) is 24.7 Å². The summed E-state index contributed by atoms with van der Waals surface area (Å²) in [5.41, 5.74) is 3.78. The maximum atomic E-state index is 13.1. The smallest absolute Gasteiger partial charge is 0.229 e. The van der Waals surface area contributed by atoms with Crippen molar-refractivity contribution < 1.29 is 9.53 Å². The predicted octanol–water partition coefficient (Wildman–Crippen LogP) is 6.25. The summed E-state index contributed by atoms with van der Waals surface area (Å²) in [6.45, 7) is 0.947. The molecule has 7 heteroatoms. The molecule has 2 heterocycles. The van der Waals surface area contributed by atoms with Gasteiger partial charge in [-0.1, -0.05) is 70.2 Å². The summed E-state index contributed by atoms with van der Waals surface area (Å²) < 4.78 is 6.91. The molecule has 0 spiro atoms. The molecule has 3 aromatic rings. The molecule has 0 aromatic heterocycles. The number of hydrogen-bond acceptors (Lipinski definition) is 5. The molecule has 34 heavy (non-hydrogen) atoms. The van der Waals surface area contributed by atoms with Crippen LogP contribution in [0.2, 0.25) is 0 Å². The zero-order chi connectivity index (χ0) is 23.5. The highest BCUT2D eigenvalue weighted by Crippen LogP contribution is 2.43. The van der Waals surface area contributed by atoms with Crippen molar-refractivity contribution in [1.29, 1.82) is 5.26 Å². The number of nitrogens with zero attached hydrogens (tertiary/aromatic N) is 3. The molecule has 0 saturated carbocycles. The average molecular weight is 532 g/mol. The Morgan fingerprint density at radius 1 is 1.03 bits per heavy atom. The number of amides is 1. The van der Waals surface area contributed by atoms with E-state index >= 15 is 0 Å². The third-order valence-corrected chi connectivity index (χ3v) is 7.70. The Morgan fingerprint density at radius 3 is 2.47 bits per heavy atom. The Hall–Kier alpha value is -3.21. The lowest BCUT2D eigenvalue weighted by Crippen LogP contribution is -2.47. The largest absolute Gasteiger partial charge is 0.489 e. The molecule has 1 atom stereocenters. The van der Waals surface area contributed by atoms with Crippen LogP contribution in [0, 0.1) is 11.3 Å². The van der Waals surface area contributed by atoms with Crippen molar-refractivity contribution >= 4 is 39.3 Å². The summed E-state index contributed by atoms with van der Waals surface area (Å²) in [5, 5.41) is 10.8. The first-order valence-corrected chi connectivity index (χ1v) is 12.7. The summed E-state index contributed by atoms with van der Waals surface area (Å²) in [4.78, 5) is 17.0. The lowest BCUT2D eigenvalue weighted by atomic mass is 9.86. The minimum atomic E-state index is -0.237. The highest BCUT2D eigenvalue weighted by molar-refractivity contribution is 9.10. The first-order valence-electron chi connectivity index (χ1n) is 11.0. The number of benzene rings is 3. The topological polar surface area (TPSA) is 56.6 Å². The van der Waals surface area contributed by atoms with Crippen molar-refractivity contribution in [2.24, 2.45) is 0 Å². The van der Waals surface area contributed by atoms with Gasteiger partial charge in [0.25, 0.3) is 0 Å². The van der Waals surface area contributed by atoms with E-state index in [1.165, 1.54) is 0 Å². The third-order valence-electron chi connectivity index (χ3n) is 6.02. The minimum Gasteiger partial charge on any atom is -0.489 e. The fraction of sp³-hybridized carbons (Fsp3) is 0.185. The SMILES string of the molecule is N#CC1=C2SCN(c3ccc(Br)cc3)CN2C(=O)C[C@H]1c1ccc(OCc2ccccc2)cc1. The van der Waals surface area contributed by atoms with E-state index in [9.17, 15) is 10.1 Å². The van der Waals surface area contributed by atoms with Crippen LogP contribution in [0.3, 0.4) is 0 Å². The zero-order valence-corrected chi connectivity index (χ0v) is 20.8. The standard InChI is InChI=1S/C27H22BrN3O2S/c28-21-8-10-22(11-9-21)30-17-31-26(32)14-24(25(15-29)27(31)34-18-30)20-6-12-23(13-7-20)33-16-19-4-2-1-3-5-19/h1-13,24H,14,16-18H2/t24-/m0/s1. The van der Waals surface area contributed by atoms with Gasteiger partial charge in [0.15, 0.2) is 0 Å². The number of thioether (sulfide) groups is 1. The van der Waals surface area contributed by atoms with Crippen LogP contribution >= 0.6 is 27.7 Å². The van der Waals surface area contributed by atoms with Gasteiger partial charge in [-0.2, -0.15) is 5.26 Å². The van der Waals surface area contributed by atoms with Crippen LogP contribution < -0.4 is 9.64 Å². The molecule has 0 unspecified atom stereocenters. The Kier molecular flexibility index (Phi) is 6.61. The van der Waals surface area contributed by atoms with Gasteiger partial charge in [-0.25, -0.2) is 0 Å². The van der Waals surface area contributed by atoms with E-state index in [1.54, 1.807) is 16.7 Å². The molecule has 2 aliphatic heterocycles. The maximum Gasteiger partial charge on any atom is 0.229 e. The number of halogens is 1. The third kappa shape index (κ3) is 4.70. The monoisotopic (exact) mass is 531 g/mol. The van der Waals surface area contributed by atoms with Gasteiger partial charge in [0.05, 0.1) is 29.2 Å². The van der Waals surface area contributed by atoms with Gasteiger partial charge >= 0.3 is 0 Å². The quantitative estimate of drug-likeness (QED) is 0.389. The first kappa shape index (κ1) is 22.6. The Balaban J connectivity index is 1.33. The van der Waals surface area contributed by atoms with Gasteiger partial charge < -0.3 is 9.64 Å². The van der Waals surface area contributed by atoms with Gasteiger partial charge in [-0.3, -0.25) is 9.69 Å². The van der Waals surface area contributed by atoms with Crippen LogP contribution in [0.4, 0.5) is 5.69 Å². The predicted molar refractivity (Wildman–Crippen MR) is 138 cm³/mol. The van der Waals surface area contributed by atoms with Crippen molar-refractivity contribution in [3.8, 4) is 11.8 Å². The average Bonchev–Trinajstić information content (AvgIpc) is 2.89. The normalized spacial score (nSPS) is 17.9. The fourth-order valence-corrected chi connectivity index (χ4v) is 5.63. The highest BCUT2D eigenvalue weighted by atomic mass is 79.9. The number of ether oxygens (including phenoxy) is 1. The minimum absolute atomic E-state index is 0.0396. The van der Waals surface area contributed by atoms with Gasteiger partial charge in [-0.15, -0.1) is 0 Å². The summed E-state index contributed by atoms with van der Waals surface area (Å²) in [6, 6.07) is 28.2. The number of hydrogen-bond donors (Lipinski definition) is 0. The number of nitriles is 1. The molecule has 3 aromatic carbocycles. The van der Waals surface area contributed by atoms with Crippen LogP contribution in [-0.2, 0) is 11.4 Å². The van der Waals surface area contributed by atoms with Crippen molar-refractivity contribution in [3.63, 3.8) is 0 Å². The molecular formula is C27H22BrN3O2S. The number of allylic oxidation sites excluding steroid dienone is 1. The molecule has 5 rings (SSSR count). The van der Waals surface area contributed by atoms with E-state index < -0.39 is 0 Å². The molecule has 2 aliphatic rings. The van der Waals surface area contributed by atoms with E-state index in [4.69, 9.17) is 4.74 Å². The molecule has 0 aliphatic carbocycles. The van der Waals surface area contributed by atoms with E-state index in [2.05, 4.69) is 26.9 Å². The van der Waals surface area contributed by atoms with Crippen LogP contribution in [-0.4, -0.2) is 23.4 Å². The lowest BCUT2D eigenvalue weighted by molar-refractivity contribution is -0.129. The molecule has 1 amide bonds. The molecular weight excluding hydrogens is 510 g/mol. The number of carbonyl (C=O) groups is 1. The van der Waals surface area contributed by atoms with Crippen LogP contribution in [0.15, 0.2) is 93.9 Å². The van der Waals surface area contributed by atoms with E-state index in [1.807, 2.05) is 78.9 Å². The van der Waals surface area contributed by atoms with Gasteiger partial charge in [0.2, 0.25) is 5.91 Å². The Morgan fingerprint density at radius 2 is 1.76 bits per heavy atom. The van der Waals surface area contributed by atoms with Crippen molar-refractivity contribution in [2.75, 3.05) is 17.4 Å². The zero-order valence-electron chi connectivity index (χ0n) is 18.4. The molecule has 0 N–H and O–H groups in total. The Bertz CT molecular complexity index is 1250. The highest BCUT2D eigenvalue weighted by Gasteiger charge is 2.38. The van der Waals surface area contributed by atoms with E-state index in [0.717, 1.165) is 32.1 Å². The maximum absolute atomic E-state index is 13.1. The van der Waals surface area contributed by atoms with Gasteiger partial charge in [0.1, 0.15) is 12.4 Å². The number of rotatable bonds is 5. The van der Waals surface area contributed by atoms with Gasteiger partial charge in [-0.05, 0) is 47.5 Å². The number of carbonyl (C=O) groups excluding carboxylic acids is 1. The number of anilines is 1. The second kappa shape index (κ2) is 9.96. The van der Waals surface area contributed by atoms with Crippen molar-refractivity contribution in [2.45, 2.75) is 18.9 Å². The van der Waals surface area contributed by atoms with E-state index in [-0.39, 0.29) is 18.2 Å². The molecule has 170 valence electrons. The van der Waals surface area contributed by atoms with Crippen LogP contribution in [0.5, 0.6) is 5.75 Å².